The Balaban J connectivity index is 1.97. The molecule has 0 aliphatic rings. The van der Waals surface area contributed by atoms with E-state index in [0.29, 0.717) is 33.7 Å². The number of aromatic nitrogens is 3. The zero-order valence-corrected chi connectivity index (χ0v) is 19.6. The average Bonchev–Trinajstić information content (AvgIpc) is 2.72. The molecule has 0 N–H and O–H groups in total. The Labute approximate surface area is 187 Å². The predicted octanol–water partition coefficient (Wildman–Crippen LogP) is 4.32. The SMILES string of the molecule is Cc1ccc(-n2c(SCC(=O)N(CC(C)C)CC(C)C)nc3ccccc3c2=O)nc1. The summed E-state index contributed by atoms with van der Waals surface area (Å²) < 4.78 is 1.51. The summed E-state index contributed by atoms with van der Waals surface area (Å²) in [5, 5.41) is 1.00. The minimum absolute atomic E-state index is 0.0539. The van der Waals surface area contributed by atoms with Crippen molar-refractivity contribution in [1.29, 1.82) is 0 Å². The van der Waals surface area contributed by atoms with Gasteiger partial charge in [0.25, 0.3) is 5.56 Å². The van der Waals surface area contributed by atoms with E-state index >= 15 is 0 Å². The molecule has 0 atom stereocenters. The third-order valence-electron chi connectivity index (χ3n) is 4.72. The van der Waals surface area contributed by atoms with Crippen LogP contribution < -0.4 is 5.56 Å². The second-order valence-electron chi connectivity index (χ2n) is 8.62. The maximum absolute atomic E-state index is 13.3. The van der Waals surface area contributed by atoms with E-state index in [2.05, 4.69) is 32.7 Å². The zero-order chi connectivity index (χ0) is 22.5. The third kappa shape index (κ3) is 5.73. The van der Waals surface area contributed by atoms with E-state index in [9.17, 15) is 9.59 Å². The van der Waals surface area contributed by atoms with Crippen LogP contribution in [0.4, 0.5) is 0 Å². The van der Waals surface area contributed by atoms with Gasteiger partial charge in [-0.15, -0.1) is 0 Å². The van der Waals surface area contributed by atoms with E-state index < -0.39 is 0 Å². The summed E-state index contributed by atoms with van der Waals surface area (Å²) in [6.45, 7) is 11.8. The van der Waals surface area contributed by atoms with Crippen LogP contribution in [0.5, 0.6) is 0 Å². The average molecular weight is 439 g/mol. The molecule has 6 nitrogen and oxygen atoms in total. The lowest BCUT2D eigenvalue weighted by atomic mass is 10.1. The Morgan fingerprint density at radius 1 is 1.06 bits per heavy atom. The number of thioether (sulfide) groups is 1. The van der Waals surface area contributed by atoms with Crippen LogP contribution in [-0.4, -0.2) is 44.2 Å². The molecule has 3 aromatic rings. The summed E-state index contributed by atoms with van der Waals surface area (Å²) >= 11 is 1.29. The van der Waals surface area contributed by atoms with Crippen LogP contribution >= 0.6 is 11.8 Å². The van der Waals surface area contributed by atoms with Gasteiger partial charge in [-0.25, -0.2) is 14.5 Å². The van der Waals surface area contributed by atoms with Gasteiger partial charge in [0, 0.05) is 19.3 Å². The number of benzene rings is 1. The molecule has 0 unspecified atom stereocenters. The Hall–Kier alpha value is -2.67. The predicted molar refractivity (Wildman–Crippen MR) is 127 cm³/mol. The van der Waals surface area contributed by atoms with Crippen molar-refractivity contribution in [2.24, 2.45) is 11.8 Å². The molecule has 164 valence electrons. The van der Waals surface area contributed by atoms with E-state index in [0.717, 1.165) is 18.7 Å². The van der Waals surface area contributed by atoms with Crippen molar-refractivity contribution in [1.82, 2.24) is 19.4 Å². The van der Waals surface area contributed by atoms with E-state index in [-0.39, 0.29) is 17.2 Å². The van der Waals surface area contributed by atoms with Gasteiger partial charge in [0.15, 0.2) is 5.16 Å². The second kappa shape index (κ2) is 10.1. The van der Waals surface area contributed by atoms with Gasteiger partial charge in [-0.1, -0.05) is 57.7 Å². The first-order valence-corrected chi connectivity index (χ1v) is 11.6. The molecule has 0 aliphatic heterocycles. The second-order valence-corrected chi connectivity index (χ2v) is 9.56. The summed E-state index contributed by atoms with van der Waals surface area (Å²) in [5.41, 5.74) is 1.44. The monoisotopic (exact) mass is 438 g/mol. The molecular weight excluding hydrogens is 408 g/mol. The van der Waals surface area contributed by atoms with Gasteiger partial charge in [0.05, 0.1) is 16.7 Å². The van der Waals surface area contributed by atoms with E-state index in [1.807, 2.05) is 42.2 Å². The van der Waals surface area contributed by atoms with Crippen LogP contribution in [0.1, 0.15) is 33.3 Å². The standard InChI is InChI=1S/C24H30N4O2S/c1-16(2)13-27(14-17(3)4)22(29)15-31-24-26-20-9-7-6-8-19(20)23(30)28(24)21-11-10-18(5)12-25-21/h6-12,16-17H,13-15H2,1-5H3. The van der Waals surface area contributed by atoms with Gasteiger partial charge < -0.3 is 4.90 Å². The summed E-state index contributed by atoms with van der Waals surface area (Å²) in [6, 6.07) is 11.0. The molecule has 1 aromatic carbocycles. The number of hydrogen-bond donors (Lipinski definition) is 0. The summed E-state index contributed by atoms with van der Waals surface area (Å²) in [7, 11) is 0. The number of pyridine rings is 1. The molecule has 3 rings (SSSR count). The van der Waals surface area contributed by atoms with E-state index in [1.54, 1.807) is 12.3 Å². The van der Waals surface area contributed by atoms with Crippen LogP contribution in [0.25, 0.3) is 16.7 Å². The van der Waals surface area contributed by atoms with Crippen LogP contribution in [0.15, 0.2) is 52.5 Å². The summed E-state index contributed by atoms with van der Waals surface area (Å²) in [6.07, 6.45) is 1.73. The van der Waals surface area contributed by atoms with Gasteiger partial charge in [0.1, 0.15) is 5.82 Å². The molecule has 31 heavy (non-hydrogen) atoms. The van der Waals surface area contributed by atoms with Gasteiger partial charge in [0.2, 0.25) is 5.91 Å². The molecule has 0 aliphatic carbocycles. The minimum atomic E-state index is -0.182. The number of nitrogens with zero attached hydrogens (tertiary/aromatic N) is 4. The molecule has 1 amide bonds. The molecule has 7 heteroatoms. The molecule has 0 radical (unpaired) electrons. The normalized spacial score (nSPS) is 11.5. The largest absolute Gasteiger partial charge is 0.341 e. The van der Waals surface area contributed by atoms with Crippen molar-refractivity contribution in [3.8, 4) is 5.82 Å². The fraction of sp³-hybridized carbons (Fsp3) is 0.417. The first kappa shape index (κ1) is 23.0. The zero-order valence-electron chi connectivity index (χ0n) is 18.8. The molecular formula is C24H30N4O2S. The Bertz CT molecular complexity index is 1100. The van der Waals surface area contributed by atoms with Crippen molar-refractivity contribution < 1.29 is 4.79 Å². The fourth-order valence-electron chi connectivity index (χ4n) is 3.38. The van der Waals surface area contributed by atoms with Crippen molar-refractivity contribution in [2.45, 2.75) is 39.8 Å². The van der Waals surface area contributed by atoms with Gasteiger partial charge in [-0.05, 0) is 42.5 Å². The van der Waals surface area contributed by atoms with Gasteiger partial charge in [-0.2, -0.15) is 0 Å². The van der Waals surface area contributed by atoms with Crippen LogP contribution in [-0.2, 0) is 4.79 Å². The van der Waals surface area contributed by atoms with Crippen molar-refractivity contribution in [3.05, 3.63) is 58.5 Å². The molecule has 0 bridgehead atoms. The Morgan fingerprint density at radius 2 is 1.74 bits per heavy atom. The lowest BCUT2D eigenvalue weighted by Crippen LogP contribution is -2.38. The highest BCUT2D eigenvalue weighted by atomic mass is 32.2. The molecule has 0 fully saturated rings. The summed E-state index contributed by atoms with van der Waals surface area (Å²) in [4.78, 5) is 37.3. The first-order chi connectivity index (χ1) is 14.8. The van der Waals surface area contributed by atoms with E-state index in [4.69, 9.17) is 4.98 Å². The lowest BCUT2D eigenvalue weighted by Gasteiger charge is -2.26. The quantitative estimate of drug-likeness (QED) is 0.387. The molecule has 2 heterocycles. The number of aryl methyl sites for hydroxylation is 1. The van der Waals surface area contributed by atoms with Crippen molar-refractivity contribution >= 4 is 28.6 Å². The number of fused-ring (bicyclic) bond motifs is 1. The molecule has 0 spiro atoms. The van der Waals surface area contributed by atoms with Crippen LogP contribution in [0.2, 0.25) is 0 Å². The van der Waals surface area contributed by atoms with Crippen LogP contribution in [0.3, 0.4) is 0 Å². The Morgan fingerprint density at radius 3 is 2.35 bits per heavy atom. The number of amides is 1. The lowest BCUT2D eigenvalue weighted by molar-refractivity contribution is -0.129. The highest BCUT2D eigenvalue weighted by Crippen LogP contribution is 2.21. The molecule has 0 saturated heterocycles. The highest BCUT2D eigenvalue weighted by molar-refractivity contribution is 7.99. The number of para-hydroxylation sites is 1. The number of rotatable bonds is 8. The van der Waals surface area contributed by atoms with Gasteiger partial charge >= 0.3 is 0 Å². The van der Waals surface area contributed by atoms with E-state index in [1.165, 1.54) is 16.3 Å². The topological polar surface area (TPSA) is 68.1 Å². The third-order valence-corrected chi connectivity index (χ3v) is 5.64. The Kier molecular flexibility index (Phi) is 7.49. The minimum Gasteiger partial charge on any atom is -0.341 e. The fourth-order valence-corrected chi connectivity index (χ4v) is 4.28. The van der Waals surface area contributed by atoms with Crippen molar-refractivity contribution in [3.63, 3.8) is 0 Å². The first-order valence-electron chi connectivity index (χ1n) is 10.6. The smallest absolute Gasteiger partial charge is 0.267 e. The number of carbonyl (C=O) groups is 1. The van der Waals surface area contributed by atoms with Crippen LogP contribution in [0, 0.1) is 18.8 Å². The maximum Gasteiger partial charge on any atom is 0.267 e. The number of hydrogen-bond acceptors (Lipinski definition) is 5. The number of carbonyl (C=O) groups excluding carboxylic acids is 1. The van der Waals surface area contributed by atoms with Crippen molar-refractivity contribution in [2.75, 3.05) is 18.8 Å². The van der Waals surface area contributed by atoms with Gasteiger partial charge in [-0.3, -0.25) is 9.59 Å². The highest BCUT2D eigenvalue weighted by Gasteiger charge is 2.19. The summed E-state index contributed by atoms with van der Waals surface area (Å²) in [5.74, 6) is 1.56. The molecule has 0 saturated carbocycles. The maximum atomic E-state index is 13.3. The molecule has 2 aromatic heterocycles.